The minimum Gasteiger partial charge on any atom is -0.496 e. The summed E-state index contributed by atoms with van der Waals surface area (Å²) in [4.78, 5) is 23.6. The molecular formula is C19H19FN2O3. The molecule has 0 aliphatic heterocycles. The Bertz CT molecular complexity index is 760. The van der Waals surface area contributed by atoms with Crippen LogP contribution in [0.4, 0.5) is 10.1 Å². The number of halogens is 1. The van der Waals surface area contributed by atoms with Crippen LogP contribution in [-0.4, -0.2) is 25.6 Å². The van der Waals surface area contributed by atoms with E-state index in [9.17, 15) is 14.0 Å². The number of para-hydroxylation sites is 1. The highest BCUT2D eigenvalue weighted by Crippen LogP contribution is 2.25. The van der Waals surface area contributed by atoms with Gasteiger partial charge in [-0.1, -0.05) is 24.8 Å². The molecule has 5 nitrogen and oxygen atoms in total. The van der Waals surface area contributed by atoms with Gasteiger partial charge in [-0.3, -0.25) is 9.59 Å². The molecule has 2 aromatic rings. The van der Waals surface area contributed by atoms with Crippen molar-refractivity contribution in [3.05, 3.63) is 72.3 Å². The molecule has 25 heavy (non-hydrogen) atoms. The third-order valence-electron chi connectivity index (χ3n) is 3.57. The molecule has 6 heteroatoms. The number of alkyl halides is 1. The number of anilines is 1. The first-order chi connectivity index (χ1) is 12.1. The molecule has 0 spiro atoms. The van der Waals surface area contributed by atoms with Gasteiger partial charge in [0.25, 0.3) is 5.91 Å². The van der Waals surface area contributed by atoms with Gasteiger partial charge in [0.05, 0.1) is 13.2 Å². The fourth-order valence-corrected chi connectivity index (χ4v) is 2.29. The second kappa shape index (κ2) is 8.63. The van der Waals surface area contributed by atoms with Crippen molar-refractivity contribution >= 4 is 17.5 Å². The third kappa shape index (κ3) is 4.67. The highest BCUT2D eigenvalue weighted by Gasteiger charge is 2.19. The van der Waals surface area contributed by atoms with Crippen LogP contribution < -0.4 is 15.4 Å². The molecule has 1 unspecified atom stereocenters. The number of amides is 2. The van der Waals surface area contributed by atoms with Crippen molar-refractivity contribution in [3.63, 3.8) is 0 Å². The smallest absolute Gasteiger partial charge is 0.251 e. The van der Waals surface area contributed by atoms with Gasteiger partial charge >= 0.3 is 0 Å². The second-order valence-electron chi connectivity index (χ2n) is 5.19. The first-order valence-electron chi connectivity index (χ1n) is 7.62. The van der Waals surface area contributed by atoms with Crippen molar-refractivity contribution < 1.29 is 18.7 Å². The van der Waals surface area contributed by atoms with Crippen molar-refractivity contribution in [3.8, 4) is 5.75 Å². The van der Waals surface area contributed by atoms with E-state index in [0.717, 1.165) is 6.08 Å². The fraction of sp³-hybridized carbons (Fsp3) is 0.158. The zero-order valence-corrected chi connectivity index (χ0v) is 13.8. The van der Waals surface area contributed by atoms with E-state index in [1.54, 1.807) is 48.5 Å². The summed E-state index contributed by atoms with van der Waals surface area (Å²) >= 11 is 0. The first kappa shape index (κ1) is 18.2. The lowest BCUT2D eigenvalue weighted by atomic mass is 10.1. The van der Waals surface area contributed by atoms with Crippen LogP contribution in [0.1, 0.15) is 22.0 Å². The zero-order valence-electron chi connectivity index (χ0n) is 13.8. The van der Waals surface area contributed by atoms with Crippen LogP contribution in [-0.2, 0) is 4.79 Å². The lowest BCUT2D eigenvalue weighted by Gasteiger charge is -2.18. The van der Waals surface area contributed by atoms with Crippen molar-refractivity contribution in [2.24, 2.45) is 0 Å². The molecule has 0 radical (unpaired) electrons. The lowest BCUT2D eigenvalue weighted by molar-refractivity contribution is -0.111. The Morgan fingerprint density at radius 2 is 1.88 bits per heavy atom. The molecule has 0 fully saturated rings. The van der Waals surface area contributed by atoms with Crippen molar-refractivity contribution in [2.45, 2.75) is 6.04 Å². The first-order valence-corrected chi connectivity index (χ1v) is 7.62. The number of carbonyl (C=O) groups is 2. The third-order valence-corrected chi connectivity index (χ3v) is 3.57. The van der Waals surface area contributed by atoms with Crippen LogP contribution in [0.15, 0.2) is 61.2 Å². The van der Waals surface area contributed by atoms with Crippen LogP contribution in [0.5, 0.6) is 5.75 Å². The van der Waals surface area contributed by atoms with Gasteiger partial charge in [-0.05, 0) is 36.4 Å². The van der Waals surface area contributed by atoms with E-state index in [-0.39, 0.29) is 5.91 Å². The summed E-state index contributed by atoms with van der Waals surface area (Å²) in [6.45, 7) is 2.60. The lowest BCUT2D eigenvalue weighted by Crippen LogP contribution is -2.30. The van der Waals surface area contributed by atoms with E-state index >= 15 is 0 Å². The predicted octanol–water partition coefficient (Wildman–Crippen LogP) is 3.26. The Hall–Kier alpha value is -3.15. The molecule has 1 atom stereocenters. The molecule has 0 aliphatic carbocycles. The molecule has 2 aromatic carbocycles. The van der Waals surface area contributed by atoms with Gasteiger partial charge in [-0.15, -0.1) is 0 Å². The van der Waals surface area contributed by atoms with E-state index in [0.29, 0.717) is 22.6 Å². The van der Waals surface area contributed by atoms with Gasteiger partial charge < -0.3 is 15.4 Å². The predicted molar refractivity (Wildman–Crippen MR) is 94.4 cm³/mol. The zero-order chi connectivity index (χ0) is 18.2. The maximum Gasteiger partial charge on any atom is 0.251 e. The summed E-state index contributed by atoms with van der Waals surface area (Å²) in [6.07, 6.45) is 1.15. The average molecular weight is 342 g/mol. The summed E-state index contributed by atoms with van der Waals surface area (Å²) in [5, 5.41) is 5.23. The quantitative estimate of drug-likeness (QED) is 0.759. The number of ether oxygens (including phenoxy) is 1. The Kier molecular flexibility index (Phi) is 6.28. The Labute approximate surface area is 145 Å². The Morgan fingerprint density at radius 1 is 1.20 bits per heavy atom. The number of rotatable bonds is 7. The van der Waals surface area contributed by atoms with Crippen molar-refractivity contribution in [1.82, 2.24) is 5.32 Å². The molecule has 0 aromatic heterocycles. The van der Waals surface area contributed by atoms with Crippen LogP contribution >= 0.6 is 0 Å². The topological polar surface area (TPSA) is 67.4 Å². The maximum absolute atomic E-state index is 13.5. The number of benzene rings is 2. The summed E-state index contributed by atoms with van der Waals surface area (Å²) < 4.78 is 18.7. The molecule has 2 amide bonds. The highest BCUT2D eigenvalue weighted by atomic mass is 19.1. The highest BCUT2D eigenvalue weighted by molar-refractivity contribution is 5.99. The Balaban J connectivity index is 2.11. The number of hydrogen-bond acceptors (Lipinski definition) is 3. The van der Waals surface area contributed by atoms with Gasteiger partial charge in [-0.2, -0.15) is 0 Å². The standard InChI is InChI=1S/C19H19FN2O3/c1-3-18(23)21-14-10-8-13(9-11-14)19(24)22-16(12-20)15-6-4-5-7-17(15)25-2/h3-11,16H,1,12H2,2H3,(H,21,23)(H,22,24). The largest absolute Gasteiger partial charge is 0.496 e. The SMILES string of the molecule is C=CC(=O)Nc1ccc(C(=O)NC(CF)c2ccccc2OC)cc1. The van der Waals surface area contributed by atoms with Gasteiger partial charge in [0.1, 0.15) is 12.4 Å². The van der Waals surface area contributed by atoms with Crippen LogP contribution in [0.25, 0.3) is 0 Å². The summed E-state index contributed by atoms with van der Waals surface area (Å²) in [7, 11) is 1.49. The molecule has 0 heterocycles. The monoisotopic (exact) mass is 342 g/mol. The van der Waals surface area contributed by atoms with Crippen LogP contribution in [0.2, 0.25) is 0 Å². The van der Waals surface area contributed by atoms with Crippen molar-refractivity contribution in [2.75, 3.05) is 19.1 Å². The molecule has 130 valence electrons. The van der Waals surface area contributed by atoms with Crippen LogP contribution in [0, 0.1) is 0 Å². The molecule has 2 rings (SSSR count). The summed E-state index contributed by atoms with van der Waals surface area (Å²) in [6, 6.07) is 12.4. The Morgan fingerprint density at radius 3 is 2.48 bits per heavy atom. The summed E-state index contributed by atoms with van der Waals surface area (Å²) in [5.74, 6) is -0.256. The van der Waals surface area contributed by atoms with E-state index in [1.165, 1.54) is 7.11 Å². The molecule has 0 saturated carbocycles. The van der Waals surface area contributed by atoms with Gasteiger partial charge in [-0.25, -0.2) is 4.39 Å². The number of nitrogens with one attached hydrogen (secondary N) is 2. The van der Waals surface area contributed by atoms with E-state index in [1.807, 2.05) is 0 Å². The van der Waals surface area contributed by atoms with Crippen LogP contribution in [0.3, 0.4) is 0 Å². The van der Waals surface area contributed by atoms with E-state index in [2.05, 4.69) is 17.2 Å². The average Bonchev–Trinajstić information content (AvgIpc) is 2.66. The number of hydrogen-bond donors (Lipinski definition) is 2. The normalized spacial score (nSPS) is 11.3. The molecule has 2 N–H and O–H groups in total. The number of carbonyl (C=O) groups excluding carboxylic acids is 2. The summed E-state index contributed by atoms with van der Waals surface area (Å²) in [5.41, 5.74) is 1.45. The fourth-order valence-electron chi connectivity index (χ4n) is 2.29. The van der Waals surface area contributed by atoms with Gasteiger partial charge in [0, 0.05) is 16.8 Å². The van der Waals surface area contributed by atoms with Gasteiger partial charge in [0.15, 0.2) is 0 Å². The molecule has 0 aliphatic rings. The molecule has 0 saturated heterocycles. The van der Waals surface area contributed by atoms with Crippen molar-refractivity contribution in [1.29, 1.82) is 0 Å². The van der Waals surface area contributed by atoms with Gasteiger partial charge in [0.2, 0.25) is 5.91 Å². The molecular weight excluding hydrogens is 323 g/mol. The minimum absolute atomic E-state index is 0.342. The van der Waals surface area contributed by atoms with E-state index < -0.39 is 18.6 Å². The van der Waals surface area contributed by atoms with E-state index in [4.69, 9.17) is 4.74 Å². The molecule has 0 bridgehead atoms. The minimum atomic E-state index is -0.816. The number of methoxy groups -OCH3 is 1. The second-order valence-corrected chi connectivity index (χ2v) is 5.19. The maximum atomic E-state index is 13.5.